The monoisotopic (exact) mass is 402 g/mol. The SMILES string of the molecule is COC(=O)[C@@H](Cc1cc([N+](=O)[O-])ccc1OC)NC(=O)COCc1ccccc1. The van der Waals surface area contributed by atoms with Gasteiger partial charge in [0.1, 0.15) is 18.4 Å². The number of rotatable bonds is 10. The molecule has 0 heterocycles. The van der Waals surface area contributed by atoms with Crippen LogP contribution in [0.25, 0.3) is 0 Å². The summed E-state index contributed by atoms with van der Waals surface area (Å²) in [6.07, 6.45) is -0.0397. The lowest BCUT2D eigenvalue weighted by molar-refractivity contribution is -0.384. The summed E-state index contributed by atoms with van der Waals surface area (Å²) in [6, 6.07) is 12.3. The highest BCUT2D eigenvalue weighted by Crippen LogP contribution is 2.25. The van der Waals surface area contributed by atoms with Crippen molar-refractivity contribution < 1.29 is 28.7 Å². The molecule has 2 rings (SSSR count). The van der Waals surface area contributed by atoms with Crippen LogP contribution in [0.3, 0.4) is 0 Å². The molecule has 0 spiro atoms. The summed E-state index contributed by atoms with van der Waals surface area (Å²) in [4.78, 5) is 34.8. The largest absolute Gasteiger partial charge is 0.496 e. The Labute approximate surface area is 167 Å². The van der Waals surface area contributed by atoms with E-state index in [4.69, 9.17) is 14.2 Å². The van der Waals surface area contributed by atoms with Gasteiger partial charge in [-0.3, -0.25) is 14.9 Å². The molecule has 0 aliphatic carbocycles. The average molecular weight is 402 g/mol. The van der Waals surface area contributed by atoms with E-state index < -0.39 is 22.8 Å². The molecule has 1 atom stereocenters. The van der Waals surface area contributed by atoms with Crippen LogP contribution in [-0.4, -0.2) is 43.7 Å². The fourth-order valence-corrected chi connectivity index (χ4v) is 2.67. The lowest BCUT2D eigenvalue weighted by Crippen LogP contribution is -2.44. The number of hydrogen-bond acceptors (Lipinski definition) is 7. The maximum Gasteiger partial charge on any atom is 0.328 e. The summed E-state index contributed by atoms with van der Waals surface area (Å²) in [7, 11) is 2.60. The van der Waals surface area contributed by atoms with Crippen LogP contribution in [0, 0.1) is 10.1 Å². The molecule has 0 saturated heterocycles. The van der Waals surface area contributed by atoms with E-state index in [1.54, 1.807) is 0 Å². The minimum Gasteiger partial charge on any atom is -0.496 e. The minimum absolute atomic E-state index is 0.0397. The first kappa shape index (κ1) is 21.8. The molecule has 0 aliphatic rings. The second kappa shape index (κ2) is 10.8. The van der Waals surface area contributed by atoms with Crippen LogP contribution in [-0.2, 0) is 32.1 Å². The maximum absolute atomic E-state index is 12.2. The first-order valence-corrected chi connectivity index (χ1v) is 8.74. The number of non-ortho nitro benzene ring substituents is 1. The Balaban J connectivity index is 2.04. The second-order valence-corrected chi connectivity index (χ2v) is 6.08. The molecular formula is C20H22N2O7. The summed E-state index contributed by atoms with van der Waals surface area (Å²) in [5.41, 5.74) is 1.15. The number of benzene rings is 2. The van der Waals surface area contributed by atoms with Gasteiger partial charge in [0, 0.05) is 24.1 Å². The number of amides is 1. The van der Waals surface area contributed by atoms with E-state index in [0.29, 0.717) is 11.3 Å². The number of nitrogens with zero attached hydrogens (tertiary/aromatic N) is 1. The van der Waals surface area contributed by atoms with Crippen molar-refractivity contribution in [1.29, 1.82) is 0 Å². The molecule has 1 amide bonds. The van der Waals surface area contributed by atoms with Crippen LogP contribution in [0.15, 0.2) is 48.5 Å². The van der Waals surface area contributed by atoms with Crippen LogP contribution < -0.4 is 10.1 Å². The van der Waals surface area contributed by atoms with Crippen molar-refractivity contribution in [2.24, 2.45) is 0 Å². The second-order valence-electron chi connectivity index (χ2n) is 6.08. The van der Waals surface area contributed by atoms with E-state index in [9.17, 15) is 19.7 Å². The van der Waals surface area contributed by atoms with Gasteiger partial charge in [-0.1, -0.05) is 30.3 Å². The van der Waals surface area contributed by atoms with E-state index in [0.717, 1.165) is 5.56 Å². The Bertz CT molecular complexity index is 855. The molecule has 0 fully saturated rings. The summed E-state index contributed by atoms with van der Waals surface area (Å²) in [6.45, 7) is -0.00961. The molecule has 2 aromatic carbocycles. The number of hydrogen-bond donors (Lipinski definition) is 1. The summed E-state index contributed by atoms with van der Waals surface area (Å²) >= 11 is 0. The van der Waals surface area contributed by atoms with E-state index in [1.807, 2.05) is 30.3 Å². The lowest BCUT2D eigenvalue weighted by atomic mass is 10.0. The average Bonchev–Trinajstić information content (AvgIpc) is 2.73. The fraction of sp³-hybridized carbons (Fsp3) is 0.300. The highest BCUT2D eigenvalue weighted by atomic mass is 16.6. The van der Waals surface area contributed by atoms with Gasteiger partial charge < -0.3 is 19.5 Å². The Kier molecular flexibility index (Phi) is 8.11. The molecular weight excluding hydrogens is 380 g/mol. The van der Waals surface area contributed by atoms with Gasteiger partial charge in [-0.25, -0.2) is 4.79 Å². The molecule has 0 bridgehead atoms. The molecule has 0 unspecified atom stereocenters. The Morgan fingerprint density at radius 2 is 1.86 bits per heavy atom. The van der Waals surface area contributed by atoms with E-state index in [2.05, 4.69) is 5.32 Å². The minimum atomic E-state index is -1.05. The molecule has 29 heavy (non-hydrogen) atoms. The first-order chi connectivity index (χ1) is 13.9. The molecule has 0 saturated carbocycles. The number of methoxy groups -OCH3 is 2. The van der Waals surface area contributed by atoms with E-state index in [-0.39, 0.29) is 25.3 Å². The van der Waals surface area contributed by atoms with Crippen molar-refractivity contribution in [1.82, 2.24) is 5.32 Å². The van der Waals surface area contributed by atoms with Gasteiger partial charge in [-0.05, 0) is 11.6 Å². The number of ether oxygens (including phenoxy) is 3. The van der Waals surface area contributed by atoms with Gasteiger partial charge in [0.2, 0.25) is 5.91 Å². The number of nitrogens with one attached hydrogen (secondary N) is 1. The molecule has 154 valence electrons. The van der Waals surface area contributed by atoms with Crippen LogP contribution >= 0.6 is 0 Å². The molecule has 0 aromatic heterocycles. The Hall–Kier alpha value is -3.46. The summed E-state index contributed by atoms with van der Waals surface area (Å²) in [5.74, 6) is -0.838. The van der Waals surface area contributed by atoms with Gasteiger partial charge in [0.05, 0.1) is 25.7 Å². The Morgan fingerprint density at radius 1 is 1.14 bits per heavy atom. The van der Waals surface area contributed by atoms with Crippen molar-refractivity contribution in [2.75, 3.05) is 20.8 Å². The molecule has 1 N–H and O–H groups in total. The molecule has 0 aliphatic heterocycles. The first-order valence-electron chi connectivity index (χ1n) is 8.74. The zero-order valence-electron chi connectivity index (χ0n) is 16.1. The standard InChI is InChI=1S/C20H22N2O7/c1-27-18-9-8-16(22(25)26)10-15(18)11-17(20(24)28-2)21-19(23)13-29-12-14-6-4-3-5-7-14/h3-10,17H,11-13H2,1-2H3,(H,21,23)/t17-/m1/s1. The zero-order chi connectivity index (χ0) is 21.2. The lowest BCUT2D eigenvalue weighted by Gasteiger charge is -2.18. The normalized spacial score (nSPS) is 11.4. The van der Waals surface area contributed by atoms with Crippen molar-refractivity contribution in [3.8, 4) is 5.75 Å². The van der Waals surface area contributed by atoms with Crippen LogP contribution in [0.4, 0.5) is 5.69 Å². The topological polar surface area (TPSA) is 117 Å². The number of carbonyl (C=O) groups excluding carboxylic acids is 2. The fourth-order valence-electron chi connectivity index (χ4n) is 2.67. The van der Waals surface area contributed by atoms with Crippen molar-refractivity contribution in [3.05, 3.63) is 69.8 Å². The quantitative estimate of drug-likeness (QED) is 0.367. The van der Waals surface area contributed by atoms with E-state index >= 15 is 0 Å². The third-order valence-electron chi connectivity index (χ3n) is 4.06. The zero-order valence-corrected chi connectivity index (χ0v) is 16.1. The third kappa shape index (κ3) is 6.58. The van der Waals surface area contributed by atoms with Crippen LogP contribution in [0.1, 0.15) is 11.1 Å². The molecule has 2 aromatic rings. The predicted octanol–water partition coefficient (Wildman–Crippen LogP) is 2.02. The third-order valence-corrected chi connectivity index (χ3v) is 4.06. The highest BCUT2D eigenvalue weighted by molar-refractivity contribution is 5.85. The van der Waals surface area contributed by atoms with Crippen molar-refractivity contribution >= 4 is 17.6 Å². The van der Waals surface area contributed by atoms with E-state index in [1.165, 1.54) is 32.4 Å². The van der Waals surface area contributed by atoms with Crippen LogP contribution in [0.2, 0.25) is 0 Å². The molecule has 9 heteroatoms. The maximum atomic E-state index is 12.2. The van der Waals surface area contributed by atoms with Gasteiger partial charge in [0.25, 0.3) is 5.69 Å². The van der Waals surface area contributed by atoms with Gasteiger partial charge >= 0.3 is 5.97 Å². The number of nitro groups is 1. The summed E-state index contributed by atoms with van der Waals surface area (Å²) in [5, 5.41) is 13.6. The van der Waals surface area contributed by atoms with Gasteiger partial charge in [0.15, 0.2) is 0 Å². The number of esters is 1. The number of carbonyl (C=O) groups is 2. The van der Waals surface area contributed by atoms with Crippen molar-refractivity contribution in [3.63, 3.8) is 0 Å². The van der Waals surface area contributed by atoms with Crippen LogP contribution in [0.5, 0.6) is 5.75 Å². The Morgan fingerprint density at radius 3 is 2.48 bits per heavy atom. The van der Waals surface area contributed by atoms with Gasteiger partial charge in [-0.2, -0.15) is 0 Å². The molecule has 9 nitrogen and oxygen atoms in total. The number of nitro benzene ring substituents is 1. The van der Waals surface area contributed by atoms with Crippen molar-refractivity contribution in [2.45, 2.75) is 19.1 Å². The molecule has 0 radical (unpaired) electrons. The van der Waals surface area contributed by atoms with Gasteiger partial charge in [-0.15, -0.1) is 0 Å². The highest BCUT2D eigenvalue weighted by Gasteiger charge is 2.24. The summed E-state index contributed by atoms with van der Waals surface area (Å²) < 4.78 is 15.3. The predicted molar refractivity (Wildman–Crippen MR) is 103 cm³/mol. The smallest absolute Gasteiger partial charge is 0.328 e.